The Kier molecular flexibility index (Phi) is 6.91. The molecular formula is C51H37N. The molecule has 52 heavy (non-hydrogen) atoms. The molecule has 0 atom stereocenters. The molecule has 8 aromatic carbocycles. The molecule has 1 nitrogen and oxygen atoms in total. The highest BCUT2D eigenvalue weighted by atomic mass is 15.1. The summed E-state index contributed by atoms with van der Waals surface area (Å²) in [6.07, 6.45) is 0. The molecule has 1 heteroatoms. The SMILES string of the molecule is CC1(C)c2ccccc2-c2ccc(N(c3ccc(-c4ccccc4)cc3)c3ccc4c(c3)-c3ccccc3-c3ccccc3-c3ccccc3-4)cc21. The van der Waals surface area contributed by atoms with Crippen LogP contribution in [0, 0.1) is 0 Å². The fourth-order valence-electron chi connectivity index (χ4n) is 8.70. The molecule has 8 aromatic rings. The number of hydrogen-bond acceptors (Lipinski definition) is 1. The van der Waals surface area contributed by atoms with Gasteiger partial charge in [0.2, 0.25) is 0 Å². The van der Waals surface area contributed by atoms with E-state index in [2.05, 4.69) is 207 Å². The van der Waals surface area contributed by atoms with Crippen molar-refractivity contribution in [1.29, 1.82) is 0 Å². The van der Waals surface area contributed by atoms with Gasteiger partial charge in [0.15, 0.2) is 0 Å². The molecule has 0 heterocycles. The first-order chi connectivity index (χ1) is 25.6. The molecule has 0 N–H and O–H groups in total. The number of rotatable bonds is 4. The van der Waals surface area contributed by atoms with E-state index in [1.165, 1.54) is 77.9 Å². The summed E-state index contributed by atoms with van der Waals surface area (Å²) in [6.45, 7) is 4.72. The van der Waals surface area contributed by atoms with Crippen LogP contribution in [0.5, 0.6) is 0 Å². The first-order valence-corrected chi connectivity index (χ1v) is 18.2. The maximum Gasteiger partial charge on any atom is 0.0468 e. The lowest BCUT2D eigenvalue weighted by Gasteiger charge is -2.30. The summed E-state index contributed by atoms with van der Waals surface area (Å²) in [7, 11) is 0. The predicted molar refractivity (Wildman–Crippen MR) is 219 cm³/mol. The Morgan fingerprint density at radius 3 is 1.25 bits per heavy atom. The summed E-state index contributed by atoms with van der Waals surface area (Å²) in [4.78, 5) is 2.44. The van der Waals surface area contributed by atoms with Gasteiger partial charge in [-0.05, 0) is 114 Å². The number of hydrogen-bond donors (Lipinski definition) is 0. The van der Waals surface area contributed by atoms with Crippen molar-refractivity contribution in [2.45, 2.75) is 19.3 Å². The Morgan fingerprint density at radius 1 is 0.288 bits per heavy atom. The van der Waals surface area contributed by atoms with Gasteiger partial charge in [-0.2, -0.15) is 0 Å². The van der Waals surface area contributed by atoms with E-state index in [0.717, 1.165) is 17.1 Å². The minimum Gasteiger partial charge on any atom is -0.310 e. The van der Waals surface area contributed by atoms with Gasteiger partial charge in [-0.1, -0.05) is 166 Å². The van der Waals surface area contributed by atoms with Crippen molar-refractivity contribution in [1.82, 2.24) is 0 Å². The van der Waals surface area contributed by atoms with E-state index >= 15 is 0 Å². The van der Waals surface area contributed by atoms with Crippen LogP contribution in [0.3, 0.4) is 0 Å². The van der Waals surface area contributed by atoms with E-state index in [9.17, 15) is 0 Å². The van der Waals surface area contributed by atoms with Crippen LogP contribution in [0.2, 0.25) is 0 Å². The van der Waals surface area contributed by atoms with Crippen LogP contribution in [-0.2, 0) is 5.41 Å². The molecule has 0 saturated heterocycles. The summed E-state index contributed by atoms with van der Waals surface area (Å²) in [6, 6.07) is 69.3. The van der Waals surface area contributed by atoms with Crippen LogP contribution in [-0.4, -0.2) is 0 Å². The Hall–Kier alpha value is -6.44. The lowest BCUT2D eigenvalue weighted by molar-refractivity contribution is 0.660. The van der Waals surface area contributed by atoms with Crippen LogP contribution in [0.4, 0.5) is 17.1 Å². The largest absolute Gasteiger partial charge is 0.310 e. The summed E-state index contributed by atoms with van der Waals surface area (Å²) in [5.74, 6) is 0. The van der Waals surface area contributed by atoms with Crippen molar-refractivity contribution in [3.05, 3.63) is 199 Å². The van der Waals surface area contributed by atoms with Gasteiger partial charge in [0.25, 0.3) is 0 Å². The Bertz CT molecular complexity index is 2640. The molecule has 0 amide bonds. The lowest BCUT2D eigenvalue weighted by Crippen LogP contribution is -2.16. The Labute approximate surface area is 306 Å². The smallest absolute Gasteiger partial charge is 0.0468 e. The highest BCUT2D eigenvalue weighted by molar-refractivity contribution is 6.04. The quantitative estimate of drug-likeness (QED) is 0.181. The van der Waals surface area contributed by atoms with E-state index < -0.39 is 0 Å². The van der Waals surface area contributed by atoms with Gasteiger partial charge >= 0.3 is 0 Å². The first-order valence-electron chi connectivity index (χ1n) is 18.2. The van der Waals surface area contributed by atoms with Crippen LogP contribution in [0.15, 0.2) is 188 Å². The standard InChI is InChI=1S/C51H37N/c1-51(2)49-23-13-12-22-46(49)47-31-29-38(33-50(47)51)52(36-26-24-35(25-27-36)34-14-4-3-5-15-34)37-28-30-45-43-20-9-8-18-41(43)39-16-6-7-17-40(39)42-19-10-11-21-44(42)48(45)32-37/h3-33H,1-2H3. The molecule has 0 bridgehead atoms. The number of fused-ring (bicyclic) bond motifs is 11. The van der Waals surface area contributed by atoms with Gasteiger partial charge < -0.3 is 4.90 Å². The van der Waals surface area contributed by atoms with Crippen molar-refractivity contribution < 1.29 is 0 Å². The summed E-state index contributed by atoms with van der Waals surface area (Å²) in [5.41, 5.74) is 21.1. The minimum atomic E-state index is -0.104. The minimum absolute atomic E-state index is 0.104. The second-order valence-corrected chi connectivity index (χ2v) is 14.5. The van der Waals surface area contributed by atoms with Gasteiger partial charge in [0.05, 0.1) is 0 Å². The fraction of sp³-hybridized carbons (Fsp3) is 0.0588. The van der Waals surface area contributed by atoms with Crippen LogP contribution < -0.4 is 4.90 Å². The number of nitrogens with zero attached hydrogens (tertiary/aromatic N) is 1. The van der Waals surface area contributed by atoms with Crippen molar-refractivity contribution in [2.75, 3.05) is 4.90 Å². The molecule has 0 fully saturated rings. The Morgan fingerprint density at radius 2 is 0.673 bits per heavy atom. The molecule has 2 aliphatic carbocycles. The predicted octanol–water partition coefficient (Wildman–Crippen LogP) is 14.1. The normalized spacial score (nSPS) is 13.0. The second-order valence-electron chi connectivity index (χ2n) is 14.5. The third-order valence-electron chi connectivity index (χ3n) is 11.3. The highest BCUT2D eigenvalue weighted by Crippen LogP contribution is 2.52. The summed E-state index contributed by atoms with van der Waals surface area (Å²) < 4.78 is 0. The van der Waals surface area contributed by atoms with E-state index in [-0.39, 0.29) is 5.41 Å². The van der Waals surface area contributed by atoms with Crippen molar-refractivity contribution in [3.8, 4) is 66.8 Å². The van der Waals surface area contributed by atoms with Gasteiger partial charge in [-0.3, -0.25) is 0 Å². The zero-order valence-electron chi connectivity index (χ0n) is 29.3. The summed E-state index contributed by atoms with van der Waals surface area (Å²) >= 11 is 0. The topological polar surface area (TPSA) is 3.24 Å². The maximum atomic E-state index is 2.44. The zero-order valence-corrected chi connectivity index (χ0v) is 29.3. The van der Waals surface area contributed by atoms with Crippen LogP contribution >= 0.6 is 0 Å². The van der Waals surface area contributed by atoms with E-state index in [1.807, 2.05) is 0 Å². The summed E-state index contributed by atoms with van der Waals surface area (Å²) in [5, 5.41) is 0. The molecular weight excluding hydrogens is 627 g/mol. The molecule has 0 aliphatic heterocycles. The third-order valence-corrected chi connectivity index (χ3v) is 11.3. The maximum absolute atomic E-state index is 2.44. The van der Waals surface area contributed by atoms with Gasteiger partial charge in [0, 0.05) is 22.5 Å². The number of anilines is 3. The first kappa shape index (κ1) is 30.4. The average molecular weight is 664 g/mol. The lowest BCUT2D eigenvalue weighted by atomic mass is 9.80. The van der Waals surface area contributed by atoms with Crippen molar-refractivity contribution in [2.24, 2.45) is 0 Å². The van der Waals surface area contributed by atoms with E-state index in [4.69, 9.17) is 0 Å². The molecule has 246 valence electrons. The van der Waals surface area contributed by atoms with Gasteiger partial charge in [0.1, 0.15) is 0 Å². The molecule has 0 aromatic heterocycles. The van der Waals surface area contributed by atoms with Crippen LogP contribution in [0.1, 0.15) is 25.0 Å². The Balaban J connectivity index is 1.20. The zero-order chi connectivity index (χ0) is 34.8. The molecule has 0 spiro atoms. The molecule has 0 unspecified atom stereocenters. The third kappa shape index (κ3) is 4.70. The van der Waals surface area contributed by atoms with Crippen LogP contribution in [0.25, 0.3) is 66.8 Å². The van der Waals surface area contributed by atoms with Gasteiger partial charge in [-0.25, -0.2) is 0 Å². The van der Waals surface area contributed by atoms with Crippen molar-refractivity contribution in [3.63, 3.8) is 0 Å². The molecule has 2 aliphatic rings. The monoisotopic (exact) mass is 663 g/mol. The number of benzene rings is 8. The van der Waals surface area contributed by atoms with E-state index in [0.29, 0.717) is 0 Å². The van der Waals surface area contributed by atoms with Gasteiger partial charge in [-0.15, -0.1) is 0 Å². The molecule has 0 radical (unpaired) electrons. The molecule has 10 rings (SSSR count). The van der Waals surface area contributed by atoms with E-state index in [1.54, 1.807) is 0 Å². The molecule has 0 saturated carbocycles. The highest BCUT2D eigenvalue weighted by Gasteiger charge is 2.36. The second kappa shape index (κ2) is 11.8. The van der Waals surface area contributed by atoms with Crippen molar-refractivity contribution >= 4 is 17.1 Å². The fourth-order valence-corrected chi connectivity index (χ4v) is 8.70. The average Bonchev–Trinajstić information content (AvgIpc) is 3.43.